The van der Waals surface area contributed by atoms with Gasteiger partial charge in [-0.25, -0.2) is 4.79 Å². The van der Waals surface area contributed by atoms with Gasteiger partial charge in [-0.3, -0.25) is 4.79 Å². The van der Waals surface area contributed by atoms with Crippen molar-refractivity contribution in [2.45, 2.75) is 115 Å². The van der Waals surface area contributed by atoms with E-state index < -0.39 is 14.1 Å². The third-order valence-electron chi connectivity index (χ3n) is 5.49. The Hall–Kier alpha value is -0.843. The smallest absolute Gasteiger partial charge is 0.328 e. The van der Waals surface area contributed by atoms with Crippen LogP contribution < -0.4 is 5.32 Å². The highest BCUT2D eigenvalue weighted by Gasteiger charge is 2.27. The Bertz CT molecular complexity index is 412. The number of hydrogen-bond acceptors (Lipinski definition) is 3. The van der Waals surface area contributed by atoms with Gasteiger partial charge in [0.1, 0.15) is 6.04 Å². The molecule has 1 N–H and O–H groups in total. The molecule has 1 aliphatic heterocycles. The summed E-state index contributed by atoms with van der Waals surface area (Å²) in [5.41, 5.74) is 0. The summed E-state index contributed by atoms with van der Waals surface area (Å²) >= 11 is 0. The fourth-order valence-electron chi connectivity index (χ4n) is 3.64. The van der Waals surface area contributed by atoms with Gasteiger partial charge >= 0.3 is 5.97 Å². The maximum Gasteiger partial charge on any atom is 0.328 e. The molecule has 1 amide bonds. The van der Waals surface area contributed by atoms with Crippen LogP contribution in [0.15, 0.2) is 0 Å². The Kier molecular flexibility index (Phi) is 11.9. The molecule has 1 atom stereocenters. The van der Waals surface area contributed by atoms with Crippen LogP contribution >= 0.6 is 0 Å². The van der Waals surface area contributed by atoms with Crippen molar-refractivity contribution in [3.05, 3.63) is 0 Å². The molecule has 0 bridgehead atoms. The zero-order valence-corrected chi connectivity index (χ0v) is 18.4. The molecule has 0 aliphatic carbocycles. The van der Waals surface area contributed by atoms with E-state index in [1.54, 1.807) is 0 Å². The van der Waals surface area contributed by atoms with Crippen LogP contribution in [-0.2, 0) is 14.3 Å². The minimum Gasteiger partial charge on any atom is -0.464 e. The lowest BCUT2D eigenvalue weighted by Crippen LogP contribution is -2.37. The molecule has 1 fully saturated rings. The quantitative estimate of drug-likeness (QED) is 0.233. The number of rotatable bonds is 15. The average molecular weight is 384 g/mol. The standard InChI is InChI=1S/C21H41NO3Si/c1-4-5-6-7-9-12-17-26(2,3)18-13-10-8-11-14-20(23)22-19-15-16-25-21(19)24/h19H,4-18H2,1-3H3,(H,22,23)/t19-/m0/s1. The maximum absolute atomic E-state index is 11.8. The number of hydrogen-bond donors (Lipinski definition) is 1. The van der Waals surface area contributed by atoms with Crippen molar-refractivity contribution in [1.82, 2.24) is 5.32 Å². The Balaban J connectivity index is 1.96. The molecule has 0 aromatic rings. The molecule has 0 radical (unpaired) electrons. The van der Waals surface area contributed by atoms with Crippen LogP contribution in [0.5, 0.6) is 0 Å². The molecule has 0 unspecified atom stereocenters. The average Bonchev–Trinajstić information content (AvgIpc) is 2.99. The number of amides is 1. The molecule has 0 aromatic carbocycles. The van der Waals surface area contributed by atoms with Crippen molar-refractivity contribution in [2.24, 2.45) is 0 Å². The molecular formula is C21H41NO3Si. The maximum atomic E-state index is 11.8. The van der Waals surface area contributed by atoms with E-state index in [1.807, 2.05) is 0 Å². The van der Waals surface area contributed by atoms with Gasteiger partial charge in [-0.1, -0.05) is 89.9 Å². The van der Waals surface area contributed by atoms with E-state index in [0.29, 0.717) is 19.4 Å². The summed E-state index contributed by atoms with van der Waals surface area (Å²) in [5.74, 6) is -0.289. The van der Waals surface area contributed by atoms with Crippen LogP contribution in [0.25, 0.3) is 0 Å². The van der Waals surface area contributed by atoms with Crippen molar-refractivity contribution in [2.75, 3.05) is 6.61 Å². The molecule has 1 aliphatic rings. The first-order valence-corrected chi connectivity index (χ1v) is 14.3. The van der Waals surface area contributed by atoms with Gasteiger partial charge in [0.25, 0.3) is 0 Å². The van der Waals surface area contributed by atoms with Crippen molar-refractivity contribution in [3.63, 3.8) is 0 Å². The van der Waals surface area contributed by atoms with Gasteiger partial charge < -0.3 is 10.1 Å². The molecular weight excluding hydrogens is 342 g/mol. The fraction of sp³-hybridized carbons (Fsp3) is 0.905. The highest BCUT2D eigenvalue weighted by atomic mass is 28.3. The Morgan fingerprint density at radius 1 is 1.00 bits per heavy atom. The van der Waals surface area contributed by atoms with Crippen LogP contribution in [0.4, 0.5) is 0 Å². The summed E-state index contributed by atoms with van der Waals surface area (Å²) < 4.78 is 4.86. The van der Waals surface area contributed by atoms with Crippen molar-refractivity contribution >= 4 is 20.0 Å². The third-order valence-corrected chi connectivity index (χ3v) is 8.90. The zero-order valence-electron chi connectivity index (χ0n) is 17.4. The normalized spacial score (nSPS) is 17.3. The highest BCUT2D eigenvalue weighted by molar-refractivity contribution is 6.77. The predicted molar refractivity (Wildman–Crippen MR) is 111 cm³/mol. The van der Waals surface area contributed by atoms with Crippen LogP contribution in [0.2, 0.25) is 25.2 Å². The van der Waals surface area contributed by atoms with E-state index in [0.717, 1.165) is 12.8 Å². The number of nitrogens with one attached hydrogen (secondary N) is 1. The second-order valence-electron chi connectivity index (χ2n) is 8.67. The van der Waals surface area contributed by atoms with Gasteiger partial charge in [-0.2, -0.15) is 0 Å². The summed E-state index contributed by atoms with van der Waals surface area (Å²) in [4.78, 5) is 23.2. The SMILES string of the molecule is CCCCCCCC[Si](C)(C)CCCCCCC(=O)N[C@H]1CCOC1=O. The lowest BCUT2D eigenvalue weighted by Gasteiger charge is -2.22. The first-order chi connectivity index (χ1) is 12.4. The van der Waals surface area contributed by atoms with Crippen molar-refractivity contribution in [1.29, 1.82) is 0 Å². The first-order valence-electron chi connectivity index (χ1n) is 10.9. The molecule has 1 rings (SSSR count). The predicted octanol–water partition coefficient (Wildman–Crippen LogP) is 5.44. The molecule has 152 valence electrons. The molecule has 26 heavy (non-hydrogen) atoms. The van der Waals surface area contributed by atoms with Gasteiger partial charge in [-0.15, -0.1) is 0 Å². The van der Waals surface area contributed by atoms with E-state index >= 15 is 0 Å². The molecule has 4 nitrogen and oxygen atoms in total. The molecule has 5 heteroatoms. The first kappa shape index (κ1) is 23.2. The zero-order chi connectivity index (χ0) is 19.3. The van der Waals surface area contributed by atoms with Gasteiger partial charge in [0.15, 0.2) is 0 Å². The monoisotopic (exact) mass is 383 g/mol. The van der Waals surface area contributed by atoms with Gasteiger partial charge in [0.2, 0.25) is 5.91 Å². The third kappa shape index (κ3) is 11.0. The Labute approximate surface area is 161 Å². The van der Waals surface area contributed by atoms with Crippen LogP contribution in [-0.4, -0.2) is 32.6 Å². The lowest BCUT2D eigenvalue weighted by atomic mass is 10.1. The summed E-state index contributed by atoms with van der Waals surface area (Å²) in [7, 11) is -1.02. The largest absolute Gasteiger partial charge is 0.464 e. The number of cyclic esters (lactones) is 1. The minimum absolute atomic E-state index is 0.00775. The number of carbonyl (C=O) groups is 2. The van der Waals surface area contributed by atoms with E-state index in [-0.39, 0.29) is 11.9 Å². The lowest BCUT2D eigenvalue weighted by molar-refractivity contribution is -0.141. The van der Waals surface area contributed by atoms with Gasteiger partial charge in [0.05, 0.1) is 6.61 Å². The van der Waals surface area contributed by atoms with Gasteiger partial charge in [-0.05, 0) is 6.42 Å². The fourth-order valence-corrected chi connectivity index (χ4v) is 6.31. The minimum atomic E-state index is -1.02. The van der Waals surface area contributed by atoms with E-state index in [1.165, 1.54) is 63.5 Å². The van der Waals surface area contributed by atoms with E-state index in [2.05, 4.69) is 25.3 Å². The van der Waals surface area contributed by atoms with Crippen LogP contribution in [0.3, 0.4) is 0 Å². The Morgan fingerprint density at radius 3 is 2.15 bits per heavy atom. The van der Waals surface area contributed by atoms with Crippen LogP contribution in [0.1, 0.15) is 84.0 Å². The highest BCUT2D eigenvalue weighted by Crippen LogP contribution is 2.23. The molecule has 0 saturated carbocycles. The van der Waals surface area contributed by atoms with Crippen LogP contribution in [0, 0.1) is 0 Å². The van der Waals surface area contributed by atoms with Crippen molar-refractivity contribution < 1.29 is 14.3 Å². The molecule has 1 saturated heterocycles. The molecule has 0 spiro atoms. The number of esters is 1. The second-order valence-corrected chi connectivity index (χ2v) is 14.0. The number of unbranched alkanes of at least 4 members (excludes halogenated alkanes) is 8. The second kappa shape index (κ2) is 13.3. The summed E-state index contributed by atoms with van der Waals surface area (Å²) in [6.45, 7) is 7.77. The van der Waals surface area contributed by atoms with Gasteiger partial charge in [0, 0.05) is 20.9 Å². The van der Waals surface area contributed by atoms with E-state index in [9.17, 15) is 9.59 Å². The molecule has 1 heterocycles. The summed E-state index contributed by atoms with van der Waals surface area (Å²) in [6, 6.07) is 2.48. The molecule has 0 aromatic heterocycles. The topological polar surface area (TPSA) is 55.4 Å². The van der Waals surface area contributed by atoms with E-state index in [4.69, 9.17) is 4.74 Å². The van der Waals surface area contributed by atoms with Crippen molar-refractivity contribution in [3.8, 4) is 0 Å². The Morgan fingerprint density at radius 2 is 1.58 bits per heavy atom. The summed E-state index contributed by atoms with van der Waals surface area (Å²) in [5, 5.41) is 2.78. The number of carbonyl (C=O) groups excluding carboxylic acids is 2. The summed E-state index contributed by atoms with van der Waals surface area (Å²) in [6.07, 6.45) is 14.1. The number of ether oxygens (including phenoxy) is 1.